The van der Waals surface area contributed by atoms with E-state index in [9.17, 15) is 5.11 Å². The van der Waals surface area contributed by atoms with Crippen LogP contribution in [0, 0.1) is 0 Å². The first kappa shape index (κ1) is 11.3. The molecule has 0 saturated heterocycles. The van der Waals surface area contributed by atoms with Crippen molar-refractivity contribution in [2.45, 2.75) is 0 Å². The van der Waals surface area contributed by atoms with Gasteiger partial charge in [0.25, 0.3) is 0 Å². The van der Waals surface area contributed by atoms with E-state index in [0.29, 0.717) is 16.1 Å². The zero-order valence-electron chi connectivity index (χ0n) is 8.97. The Hall–Kier alpha value is -1.78. The summed E-state index contributed by atoms with van der Waals surface area (Å²) in [6.07, 6.45) is 0. The van der Waals surface area contributed by atoms with E-state index in [1.807, 2.05) is 24.3 Å². The molecule has 6 heteroatoms. The molecule has 1 aromatic heterocycles. The average Bonchev–Trinajstić information content (AvgIpc) is 2.77. The van der Waals surface area contributed by atoms with Gasteiger partial charge < -0.3 is 0 Å². The highest BCUT2D eigenvalue weighted by molar-refractivity contribution is 6.35. The minimum atomic E-state index is -0.346. The number of fused-ring (bicyclic) bond motifs is 1. The molecule has 0 unspecified atom stereocenters. The van der Waals surface area contributed by atoms with Crippen molar-refractivity contribution in [3.63, 3.8) is 0 Å². The van der Waals surface area contributed by atoms with E-state index in [1.165, 1.54) is 16.9 Å². The van der Waals surface area contributed by atoms with E-state index in [4.69, 9.17) is 23.2 Å². The topological polar surface area (TPSA) is 50.6 Å². The molecule has 0 aliphatic heterocycles. The summed E-state index contributed by atoms with van der Waals surface area (Å²) in [4.78, 5) is 1.25. The van der Waals surface area contributed by atoms with Gasteiger partial charge in [0.2, 0.25) is 5.75 Å². The second-order valence-corrected chi connectivity index (χ2v) is 4.56. The molecule has 3 aromatic rings. The van der Waals surface area contributed by atoms with Gasteiger partial charge in [0.05, 0.1) is 5.02 Å². The Balaban J connectivity index is 2.26. The van der Waals surface area contributed by atoms with Gasteiger partial charge in [0.1, 0.15) is 16.7 Å². The van der Waals surface area contributed by atoms with Gasteiger partial charge in [0, 0.05) is 5.02 Å². The fourth-order valence-electron chi connectivity index (χ4n) is 1.66. The molecule has 0 aliphatic rings. The first-order valence-corrected chi connectivity index (χ1v) is 5.89. The molecule has 89 valence electrons. The van der Waals surface area contributed by atoms with Gasteiger partial charge >= 0.3 is 0 Å². The summed E-state index contributed by atoms with van der Waals surface area (Å²) in [6, 6.07) is 10.2. The van der Waals surface area contributed by atoms with Crippen LogP contribution in [0.2, 0.25) is 10.0 Å². The molecule has 0 bridgehead atoms. The van der Waals surface area contributed by atoms with Crippen molar-refractivity contribution in [2.75, 3.05) is 0 Å². The van der Waals surface area contributed by atoms with Gasteiger partial charge in [-0.15, -0.1) is 15.0 Å². The Bertz CT molecular complexity index is 706. The van der Waals surface area contributed by atoms with Crippen LogP contribution in [0.25, 0.3) is 16.7 Å². The third kappa shape index (κ3) is 1.79. The lowest BCUT2D eigenvalue weighted by molar-refractivity contribution is 0.351. The maximum atomic E-state index is 11.9. The summed E-state index contributed by atoms with van der Waals surface area (Å²) >= 11 is 11.7. The second-order valence-electron chi connectivity index (χ2n) is 3.71. The smallest absolute Gasteiger partial charge is 0.224 e. The Labute approximate surface area is 112 Å². The minimum Gasteiger partial charge on any atom is -0.286 e. The minimum absolute atomic E-state index is 0.0545. The van der Waals surface area contributed by atoms with Crippen molar-refractivity contribution in [1.29, 1.82) is 0 Å². The van der Waals surface area contributed by atoms with Crippen LogP contribution in [0.4, 0.5) is 0 Å². The number of hydrogen-bond donors (Lipinski definition) is 0. The van der Waals surface area contributed by atoms with Crippen LogP contribution in [0.5, 0.6) is 5.75 Å². The van der Waals surface area contributed by atoms with Crippen LogP contribution in [-0.4, -0.2) is 15.0 Å². The molecule has 0 amide bonds. The van der Waals surface area contributed by atoms with E-state index in [0.717, 1.165) is 0 Å². The lowest BCUT2D eigenvalue weighted by Gasteiger charge is -2.02. The summed E-state index contributed by atoms with van der Waals surface area (Å²) in [5, 5.41) is 20.8. The molecular weight excluding hydrogens is 273 g/mol. The van der Waals surface area contributed by atoms with Gasteiger partial charge in [-0.1, -0.05) is 35.3 Å². The number of benzene rings is 2. The van der Waals surface area contributed by atoms with Crippen LogP contribution in [-0.2, 0) is 5.11 Å². The highest BCUT2D eigenvalue weighted by atomic mass is 35.5. The largest absolute Gasteiger partial charge is 0.286 e. The van der Waals surface area contributed by atoms with Crippen LogP contribution in [0.15, 0.2) is 36.4 Å². The third-order valence-electron chi connectivity index (χ3n) is 2.49. The monoisotopic (exact) mass is 278 g/mol. The summed E-state index contributed by atoms with van der Waals surface area (Å²) in [5.74, 6) is -0.346. The van der Waals surface area contributed by atoms with Crippen molar-refractivity contribution in [2.24, 2.45) is 0 Å². The molecule has 0 aliphatic carbocycles. The number of halogens is 2. The zero-order chi connectivity index (χ0) is 12.7. The fourth-order valence-corrected chi connectivity index (χ4v) is 2.15. The first-order valence-electron chi connectivity index (χ1n) is 5.13. The van der Waals surface area contributed by atoms with Crippen molar-refractivity contribution in [3.05, 3.63) is 46.4 Å². The Morgan fingerprint density at radius 1 is 1.00 bits per heavy atom. The van der Waals surface area contributed by atoms with Crippen LogP contribution >= 0.6 is 23.2 Å². The molecule has 4 nitrogen and oxygen atoms in total. The standard InChI is InChI=1S/C12H6Cl2N3O/c13-7-5-8(14)12(18)11(6-7)17-15-9-3-1-2-4-10(9)16-17/h1-6H. The highest BCUT2D eigenvalue weighted by Gasteiger charge is 2.14. The maximum Gasteiger partial charge on any atom is 0.224 e. The Morgan fingerprint density at radius 3 is 2.22 bits per heavy atom. The fraction of sp³-hybridized carbons (Fsp3) is 0. The van der Waals surface area contributed by atoms with Gasteiger partial charge in [-0.2, -0.15) is 0 Å². The molecule has 18 heavy (non-hydrogen) atoms. The molecule has 1 heterocycles. The predicted octanol–water partition coefficient (Wildman–Crippen LogP) is 3.87. The van der Waals surface area contributed by atoms with Crippen molar-refractivity contribution < 1.29 is 5.11 Å². The number of nitrogens with zero attached hydrogens (tertiary/aromatic N) is 3. The van der Waals surface area contributed by atoms with E-state index in [2.05, 4.69) is 10.2 Å². The van der Waals surface area contributed by atoms with Crippen LogP contribution in [0.1, 0.15) is 0 Å². The highest BCUT2D eigenvalue weighted by Crippen LogP contribution is 2.33. The van der Waals surface area contributed by atoms with Gasteiger partial charge in [0.15, 0.2) is 0 Å². The van der Waals surface area contributed by atoms with Gasteiger partial charge in [-0.25, -0.2) is 0 Å². The summed E-state index contributed by atoms with van der Waals surface area (Å²) < 4.78 is 0. The third-order valence-corrected chi connectivity index (χ3v) is 2.99. The van der Waals surface area contributed by atoms with E-state index >= 15 is 0 Å². The molecule has 1 radical (unpaired) electrons. The summed E-state index contributed by atoms with van der Waals surface area (Å²) in [5.41, 5.74) is 1.64. The number of rotatable bonds is 1. The van der Waals surface area contributed by atoms with E-state index in [1.54, 1.807) is 0 Å². The zero-order valence-corrected chi connectivity index (χ0v) is 10.5. The summed E-state index contributed by atoms with van der Waals surface area (Å²) in [6.45, 7) is 0. The van der Waals surface area contributed by atoms with Crippen molar-refractivity contribution in [3.8, 4) is 11.4 Å². The SMILES string of the molecule is [O]c1c(Cl)cc(Cl)cc1-n1nc2ccccc2n1. The lowest BCUT2D eigenvalue weighted by atomic mass is 10.3. The molecule has 0 fully saturated rings. The quantitative estimate of drug-likeness (QED) is 0.678. The number of aromatic nitrogens is 3. The van der Waals surface area contributed by atoms with Gasteiger partial charge in [-0.3, -0.25) is 5.11 Å². The lowest BCUT2D eigenvalue weighted by Crippen LogP contribution is -1.98. The molecule has 3 rings (SSSR count). The average molecular weight is 279 g/mol. The second kappa shape index (κ2) is 4.15. The Morgan fingerprint density at radius 2 is 1.61 bits per heavy atom. The molecule has 0 atom stereocenters. The maximum absolute atomic E-state index is 11.9. The van der Waals surface area contributed by atoms with Crippen LogP contribution in [0.3, 0.4) is 0 Å². The van der Waals surface area contributed by atoms with Crippen molar-refractivity contribution >= 4 is 34.2 Å². The van der Waals surface area contributed by atoms with Crippen LogP contribution < -0.4 is 0 Å². The first-order chi connectivity index (χ1) is 8.65. The molecule has 0 saturated carbocycles. The van der Waals surface area contributed by atoms with E-state index in [-0.39, 0.29) is 16.5 Å². The van der Waals surface area contributed by atoms with Crippen molar-refractivity contribution in [1.82, 2.24) is 15.0 Å². The number of hydrogen-bond acceptors (Lipinski definition) is 2. The Kier molecular flexibility index (Phi) is 2.61. The van der Waals surface area contributed by atoms with E-state index < -0.39 is 0 Å². The molecule has 0 N–H and O–H groups in total. The van der Waals surface area contributed by atoms with Gasteiger partial charge in [-0.05, 0) is 24.3 Å². The molecular formula is C12H6Cl2N3O. The molecule has 0 spiro atoms. The summed E-state index contributed by atoms with van der Waals surface area (Å²) in [7, 11) is 0. The normalized spacial score (nSPS) is 11.0. The predicted molar refractivity (Wildman–Crippen MR) is 69.0 cm³/mol. The molecule has 2 aromatic carbocycles.